The standard InChI is InChI=1S/C25H31FN4O5/c1-15(31)18-5-4-6-19(27-18)23(32)28-20-11-16-13-30(14-22(26)25(2,3)34)24(33)17(16)12-21(20)29-7-9-35-10-8-29/h4-6,11-12,15,22,31,34H,7-10,13-14H2,1-3H3,(H,28,32)/t15-,22-/m1/s1. The number of alkyl halides is 1. The number of rotatable bonds is 7. The molecule has 0 saturated carbocycles. The van der Waals surface area contributed by atoms with E-state index in [1.165, 1.54) is 18.7 Å². The van der Waals surface area contributed by atoms with Gasteiger partial charge in [0, 0.05) is 25.2 Å². The molecule has 0 unspecified atom stereocenters. The Labute approximate surface area is 203 Å². The van der Waals surface area contributed by atoms with Crippen LogP contribution in [0, 0.1) is 0 Å². The lowest BCUT2D eigenvalue weighted by atomic mass is 10.0. The van der Waals surface area contributed by atoms with E-state index in [2.05, 4.69) is 10.3 Å². The minimum Gasteiger partial charge on any atom is -0.387 e. The topological polar surface area (TPSA) is 115 Å². The van der Waals surface area contributed by atoms with Crippen LogP contribution in [0.1, 0.15) is 59.0 Å². The number of fused-ring (bicyclic) bond motifs is 1. The highest BCUT2D eigenvalue weighted by atomic mass is 19.1. The molecule has 2 aliphatic heterocycles. The van der Waals surface area contributed by atoms with E-state index in [1.807, 2.05) is 4.90 Å². The van der Waals surface area contributed by atoms with E-state index in [4.69, 9.17) is 4.74 Å². The quantitative estimate of drug-likeness (QED) is 0.550. The number of aromatic nitrogens is 1. The summed E-state index contributed by atoms with van der Waals surface area (Å²) in [6.45, 7) is 6.45. The highest BCUT2D eigenvalue weighted by Crippen LogP contribution is 2.35. The van der Waals surface area contributed by atoms with E-state index in [0.29, 0.717) is 54.5 Å². The van der Waals surface area contributed by atoms with Crippen molar-refractivity contribution in [2.75, 3.05) is 43.1 Å². The second-order valence-corrected chi connectivity index (χ2v) is 9.51. The average molecular weight is 487 g/mol. The number of morpholine rings is 1. The number of nitrogens with one attached hydrogen (secondary N) is 1. The smallest absolute Gasteiger partial charge is 0.274 e. The molecule has 0 spiro atoms. The molecule has 188 valence electrons. The third kappa shape index (κ3) is 5.44. The van der Waals surface area contributed by atoms with E-state index in [-0.39, 0.29) is 24.7 Å². The number of anilines is 2. The number of hydrogen-bond acceptors (Lipinski definition) is 7. The minimum absolute atomic E-state index is 0.153. The van der Waals surface area contributed by atoms with Crippen molar-refractivity contribution >= 4 is 23.2 Å². The fraction of sp³-hybridized carbons (Fsp3) is 0.480. The largest absolute Gasteiger partial charge is 0.387 e. The van der Waals surface area contributed by atoms with Gasteiger partial charge in [0.1, 0.15) is 11.9 Å². The van der Waals surface area contributed by atoms with Crippen LogP contribution in [-0.4, -0.2) is 76.5 Å². The summed E-state index contributed by atoms with van der Waals surface area (Å²) in [5.74, 6) is -0.764. The van der Waals surface area contributed by atoms with Crippen LogP contribution in [-0.2, 0) is 11.3 Å². The van der Waals surface area contributed by atoms with Crippen molar-refractivity contribution < 1.29 is 28.9 Å². The zero-order valence-electron chi connectivity index (χ0n) is 20.1. The molecule has 0 radical (unpaired) electrons. The average Bonchev–Trinajstić information content (AvgIpc) is 3.12. The van der Waals surface area contributed by atoms with Gasteiger partial charge >= 0.3 is 0 Å². The first-order chi connectivity index (χ1) is 16.5. The first-order valence-corrected chi connectivity index (χ1v) is 11.7. The molecular weight excluding hydrogens is 455 g/mol. The molecule has 3 N–H and O–H groups in total. The second kappa shape index (κ2) is 9.88. The van der Waals surface area contributed by atoms with Gasteiger partial charge in [-0.15, -0.1) is 0 Å². The van der Waals surface area contributed by atoms with Crippen LogP contribution in [0.4, 0.5) is 15.8 Å². The number of aliphatic hydroxyl groups is 2. The summed E-state index contributed by atoms with van der Waals surface area (Å²) in [6.07, 6.45) is -2.42. The number of benzene rings is 1. The maximum atomic E-state index is 14.5. The Morgan fingerprint density at radius 1 is 1.29 bits per heavy atom. The number of hydrogen-bond donors (Lipinski definition) is 3. The normalized spacial score (nSPS) is 17.8. The Hall–Kier alpha value is -3.08. The van der Waals surface area contributed by atoms with Crippen molar-refractivity contribution in [3.63, 3.8) is 0 Å². The Balaban J connectivity index is 1.65. The number of nitrogens with zero attached hydrogens (tertiary/aromatic N) is 3. The van der Waals surface area contributed by atoms with Crippen molar-refractivity contribution in [1.82, 2.24) is 9.88 Å². The van der Waals surface area contributed by atoms with Gasteiger partial charge in [0.15, 0.2) is 0 Å². The second-order valence-electron chi connectivity index (χ2n) is 9.51. The Kier molecular flexibility index (Phi) is 7.07. The van der Waals surface area contributed by atoms with Gasteiger partial charge in [0.05, 0.1) is 48.5 Å². The van der Waals surface area contributed by atoms with Gasteiger partial charge in [-0.2, -0.15) is 0 Å². The Morgan fingerprint density at radius 2 is 2.00 bits per heavy atom. The molecular formula is C25H31FN4O5. The molecule has 35 heavy (non-hydrogen) atoms. The van der Waals surface area contributed by atoms with E-state index in [1.54, 1.807) is 37.3 Å². The minimum atomic E-state index is -1.61. The maximum Gasteiger partial charge on any atom is 0.274 e. The zero-order chi connectivity index (χ0) is 25.3. The molecule has 2 aromatic rings. The summed E-state index contributed by atoms with van der Waals surface area (Å²) in [4.78, 5) is 33.8. The number of amides is 2. The van der Waals surface area contributed by atoms with Crippen LogP contribution in [0.15, 0.2) is 30.3 Å². The van der Waals surface area contributed by atoms with Gasteiger partial charge in [-0.3, -0.25) is 9.59 Å². The molecule has 0 bridgehead atoms. The van der Waals surface area contributed by atoms with E-state index >= 15 is 0 Å². The third-order valence-corrected chi connectivity index (χ3v) is 6.28. The van der Waals surface area contributed by atoms with Crippen LogP contribution >= 0.6 is 0 Å². The monoisotopic (exact) mass is 486 g/mol. The lowest BCUT2D eigenvalue weighted by Crippen LogP contribution is -2.42. The fourth-order valence-electron chi connectivity index (χ4n) is 4.14. The molecule has 2 amide bonds. The molecule has 0 aliphatic carbocycles. The predicted octanol–water partition coefficient (Wildman–Crippen LogP) is 2.29. The Morgan fingerprint density at radius 3 is 2.66 bits per heavy atom. The van der Waals surface area contributed by atoms with Gasteiger partial charge in [-0.05, 0) is 50.6 Å². The van der Waals surface area contributed by atoms with Gasteiger partial charge in [0.25, 0.3) is 11.8 Å². The predicted molar refractivity (Wildman–Crippen MR) is 128 cm³/mol. The number of halogens is 1. The number of carbonyl (C=O) groups is 2. The summed E-state index contributed by atoms with van der Waals surface area (Å²) in [5.41, 5.74) is 1.25. The van der Waals surface area contributed by atoms with Crippen LogP contribution in [0.2, 0.25) is 0 Å². The highest BCUT2D eigenvalue weighted by molar-refractivity contribution is 6.07. The maximum absolute atomic E-state index is 14.5. The van der Waals surface area contributed by atoms with E-state index < -0.39 is 23.8 Å². The first-order valence-electron chi connectivity index (χ1n) is 11.7. The highest BCUT2D eigenvalue weighted by Gasteiger charge is 2.35. The number of aliphatic hydroxyl groups excluding tert-OH is 1. The zero-order valence-corrected chi connectivity index (χ0v) is 20.1. The molecule has 1 aromatic carbocycles. The number of carbonyl (C=O) groups excluding carboxylic acids is 2. The third-order valence-electron chi connectivity index (χ3n) is 6.28. The van der Waals surface area contributed by atoms with E-state index in [9.17, 15) is 24.2 Å². The van der Waals surface area contributed by atoms with Crippen molar-refractivity contribution in [3.05, 3.63) is 52.8 Å². The summed E-state index contributed by atoms with van der Waals surface area (Å²) in [7, 11) is 0. The van der Waals surface area contributed by atoms with E-state index in [0.717, 1.165) is 0 Å². The summed E-state index contributed by atoms with van der Waals surface area (Å²) < 4.78 is 20.0. The van der Waals surface area contributed by atoms with Crippen LogP contribution in [0.25, 0.3) is 0 Å². The molecule has 9 nitrogen and oxygen atoms in total. The molecule has 2 atom stereocenters. The first kappa shape index (κ1) is 25.0. The molecule has 1 saturated heterocycles. The molecule has 3 heterocycles. The number of pyridine rings is 1. The van der Waals surface area contributed by atoms with Gasteiger partial charge in [0.2, 0.25) is 0 Å². The summed E-state index contributed by atoms with van der Waals surface area (Å²) in [5, 5.41) is 22.7. The summed E-state index contributed by atoms with van der Waals surface area (Å²) in [6, 6.07) is 8.33. The van der Waals surface area contributed by atoms with Crippen molar-refractivity contribution in [2.24, 2.45) is 0 Å². The molecule has 4 rings (SSSR count). The van der Waals surface area contributed by atoms with Crippen molar-refractivity contribution in [1.29, 1.82) is 0 Å². The van der Waals surface area contributed by atoms with Crippen LogP contribution in [0.5, 0.6) is 0 Å². The van der Waals surface area contributed by atoms with Gasteiger partial charge in [-0.25, -0.2) is 9.37 Å². The molecule has 2 aliphatic rings. The number of ether oxygens (including phenoxy) is 1. The van der Waals surface area contributed by atoms with Gasteiger partial charge in [-0.1, -0.05) is 6.07 Å². The molecule has 1 fully saturated rings. The Bertz CT molecular complexity index is 1110. The molecule has 1 aromatic heterocycles. The lowest BCUT2D eigenvalue weighted by molar-refractivity contribution is -0.0159. The van der Waals surface area contributed by atoms with Crippen molar-refractivity contribution in [2.45, 2.75) is 45.2 Å². The lowest BCUT2D eigenvalue weighted by Gasteiger charge is -2.31. The summed E-state index contributed by atoms with van der Waals surface area (Å²) >= 11 is 0. The van der Waals surface area contributed by atoms with Crippen LogP contribution in [0.3, 0.4) is 0 Å². The van der Waals surface area contributed by atoms with Crippen LogP contribution < -0.4 is 10.2 Å². The fourth-order valence-corrected chi connectivity index (χ4v) is 4.14. The van der Waals surface area contributed by atoms with Crippen molar-refractivity contribution in [3.8, 4) is 0 Å². The SMILES string of the molecule is C[C@@H](O)c1cccc(C(=O)Nc2cc3c(cc2N2CCOCC2)C(=O)N(C[C@@H](F)C(C)(C)O)C3)n1. The molecule has 10 heteroatoms. The van der Waals surface area contributed by atoms with Gasteiger partial charge < -0.3 is 30.1 Å².